The van der Waals surface area contributed by atoms with E-state index in [-0.39, 0.29) is 30.0 Å². The Kier molecular flexibility index (Phi) is 7.53. The molecule has 2 heterocycles. The van der Waals surface area contributed by atoms with Crippen LogP contribution in [0.25, 0.3) is 0 Å². The zero-order chi connectivity index (χ0) is 21.3. The molecule has 1 aliphatic heterocycles. The van der Waals surface area contributed by atoms with Crippen LogP contribution in [0.15, 0.2) is 47.6 Å². The molecule has 0 radical (unpaired) electrons. The Labute approximate surface area is 174 Å². The number of aliphatic imine (C=N–C) groups is 1. The zero-order valence-corrected chi connectivity index (χ0v) is 16.9. The van der Waals surface area contributed by atoms with Gasteiger partial charge in [0.25, 0.3) is 0 Å². The average molecular weight is 416 g/mol. The molecule has 0 spiro atoms. The zero-order valence-electron chi connectivity index (χ0n) is 16.9. The lowest BCUT2D eigenvalue weighted by Gasteiger charge is -2.20. The summed E-state index contributed by atoms with van der Waals surface area (Å²) in [6, 6.07) is 9.10. The molecule has 1 amide bonds. The highest BCUT2D eigenvalue weighted by molar-refractivity contribution is 5.80. The smallest absolute Gasteiger partial charge is 0.224 e. The van der Waals surface area contributed by atoms with Gasteiger partial charge in [-0.15, -0.1) is 0 Å². The number of pyridine rings is 1. The van der Waals surface area contributed by atoms with E-state index in [9.17, 15) is 13.6 Å². The quantitative estimate of drug-likeness (QED) is 0.362. The lowest BCUT2D eigenvalue weighted by molar-refractivity contribution is -0.120. The van der Waals surface area contributed by atoms with Gasteiger partial charge in [0.2, 0.25) is 5.91 Å². The molecule has 1 aromatic carbocycles. The van der Waals surface area contributed by atoms with Crippen molar-refractivity contribution < 1.29 is 13.6 Å². The maximum atomic E-state index is 13.9. The Balaban J connectivity index is 1.37. The Morgan fingerprint density at radius 1 is 1.23 bits per heavy atom. The van der Waals surface area contributed by atoms with E-state index in [1.165, 1.54) is 18.2 Å². The largest absolute Gasteiger partial charge is 0.355 e. The summed E-state index contributed by atoms with van der Waals surface area (Å²) in [4.78, 5) is 22.2. The van der Waals surface area contributed by atoms with Crippen LogP contribution in [0, 0.1) is 11.6 Å². The lowest BCUT2D eigenvalue weighted by atomic mass is 10.1. The standard InChI is InChI=1S/C21H26F2N6O/c1-24-21(27-10-9-25-19(30)13-15-4-2-5-16(22)12-15)28-17-7-11-29(14-17)20-18(23)6-3-8-26-20/h2-6,8,12,17H,7,9-11,13-14H2,1H3,(H,25,30)(H2,24,27,28). The highest BCUT2D eigenvalue weighted by atomic mass is 19.1. The number of anilines is 1. The van der Waals surface area contributed by atoms with Gasteiger partial charge < -0.3 is 20.9 Å². The van der Waals surface area contributed by atoms with Crippen molar-refractivity contribution in [2.24, 2.45) is 4.99 Å². The molecule has 0 aliphatic carbocycles. The van der Waals surface area contributed by atoms with Gasteiger partial charge in [-0.2, -0.15) is 0 Å². The van der Waals surface area contributed by atoms with Crippen molar-refractivity contribution in [2.75, 3.05) is 38.1 Å². The first-order valence-corrected chi connectivity index (χ1v) is 9.89. The summed E-state index contributed by atoms with van der Waals surface area (Å²) >= 11 is 0. The van der Waals surface area contributed by atoms with Crippen LogP contribution < -0.4 is 20.9 Å². The summed E-state index contributed by atoms with van der Waals surface area (Å²) in [5.41, 5.74) is 0.632. The number of aromatic nitrogens is 1. The molecular formula is C21H26F2N6O. The third kappa shape index (κ3) is 6.13. The van der Waals surface area contributed by atoms with Crippen LogP contribution in [-0.2, 0) is 11.2 Å². The molecule has 2 aromatic rings. The number of benzene rings is 1. The van der Waals surface area contributed by atoms with Crippen molar-refractivity contribution in [3.63, 3.8) is 0 Å². The van der Waals surface area contributed by atoms with Crippen molar-refractivity contribution in [2.45, 2.75) is 18.9 Å². The van der Waals surface area contributed by atoms with Gasteiger partial charge in [-0.1, -0.05) is 12.1 Å². The number of guanidine groups is 1. The van der Waals surface area contributed by atoms with Crippen LogP contribution in [0.4, 0.5) is 14.6 Å². The van der Waals surface area contributed by atoms with Crippen LogP contribution in [0.5, 0.6) is 0 Å². The van der Waals surface area contributed by atoms with E-state index in [1.807, 2.05) is 4.90 Å². The Morgan fingerprint density at radius 3 is 2.83 bits per heavy atom. The maximum Gasteiger partial charge on any atom is 0.224 e. The lowest BCUT2D eigenvalue weighted by Crippen LogP contribution is -2.46. The normalized spacial score (nSPS) is 16.4. The molecule has 1 atom stereocenters. The van der Waals surface area contributed by atoms with Gasteiger partial charge in [0.1, 0.15) is 5.82 Å². The number of nitrogens with one attached hydrogen (secondary N) is 3. The second-order valence-corrected chi connectivity index (χ2v) is 7.04. The van der Waals surface area contributed by atoms with Gasteiger partial charge in [-0.25, -0.2) is 13.8 Å². The molecule has 1 fully saturated rings. The van der Waals surface area contributed by atoms with Gasteiger partial charge in [0.15, 0.2) is 17.6 Å². The first kappa shape index (κ1) is 21.5. The third-order valence-corrected chi connectivity index (χ3v) is 4.78. The van der Waals surface area contributed by atoms with Crippen LogP contribution in [0.3, 0.4) is 0 Å². The molecular weight excluding hydrogens is 390 g/mol. The van der Waals surface area contributed by atoms with Crippen molar-refractivity contribution in [3.05, 3.63) is 59.8 Å². The van der Waals surface area contributed by atoms with Crippen LogP contribution in [0.1, 0.15) is 12.0 Å². The van der Waals surface area contributed by atoms with Gasteiger partial charge in [0.05, 0.1) is 6.42 Å². The SMILES string of the molecule is CN=C(NCCNC(=O)Cc1cccc(F)c1)NC1CCN(c2ncccc2F)C1. The molecule has 30 heavy (non-hydrogen) atoms. The molecule has 1 unspecified atom stereocenters. The van der Waals surface area contributed by atoms with E-state index >= 15 is 0 Å². The number of rotatable bonds is 7. The monoisotopic (exact) mass is 416 g/mol. The van der Waals surface area contributed by atoms with E-state index in [0.29, 0.717) is 43.5 Å². The Bertz CT molecular complexity index is 891. The van der Waals surface area contributed by atoms with E-state index in [1.54, 1.807) is 31.4 Å². The van der Waals surface area contributed by atoms with Gasteiger partial charge in [-0.3, -0.25) is 9.79 Å². The van der Waals surface area contributed by atoms with Crippen LogP contribution in [-0.4, -0.2) is 56.1 Å². The predicted molar refractivity (Wildman–Crippen MR) is 112 cm³/mol. The van der Waals surface area contributed by atoms with Crippen LogP contribution >= 0.6 is 0 Å². The average Bonchev–Trinajstić information content (AvgIpc) is 3.19. The van der Waals surface area contributed by atoms with Crippen molar-refractivity contribution in [1.82, 2.24) is 20.9 Å². The summed E-state index contributed by atoms with van der Waals surface area (Å²) in [6.07, 6.45) is 2.55. The highest BCUT2D eigenvalue weighted by Crippen LogP contribution is 2.20. The molecule has 1 saturated heterocycles. The number of hydrogen-bond acceptors (Lipinski definition) is 4. The van der Waals surface area contributed by atoms with Gasteiger partial charge in [-0.05, 0) is 36.2 Å². The molecule has 9 heteroatoms. The molecule has 1 aliphatic rings. The molecule has 3 N–H and O–H groups in total. The molecule has 3 rings (SSSR count). The minimum atomic E-state index is -0.354. The second-order valence-electron chi connectivity index (χ2n) is 7.04. The molecule has 0 saturated carbocycles. The van der Waals surface area contributed by atoms with Crippen molar-refractivity contribution in [1.29, 1.82) is 0 Å². The summed E-state index contributed by atoms with van der Waals surface area (Å²) in [5.74, 6) is 0.130. The number of carbonyl (C=O) groups excluding carboxylic acids is 1. The Morgan fingerprint density at radius 2 is 2.07 bits per heavy atom. The fraction of sp³-hybridized carbons (Fsp3) is 0.381. The van der Waals surface area contributed by atoms with Crippen molar-refractivity contribution in [3.8, 4) is 0 Å². The molecule has 1 aromatic heterocycles. The molecule has 0 bridgehead atoms. The van der Waals surface area contributed by atoms with E-state index in [4.69, 9.17) is 0 Å². The minimum Gasteiger partial charge on any atom is -0.355 e. The van der Waals surface area contributed by atoms with Crippen LogP contribution in [0.2, 0.25) is 0 Å². The van der Waals surface area contributed by atoms with Gasteiger partial charge in [0, 0.05) is 45.5 Å². The summed E-state index contributed by atoms with van der Waals surface area (Å²) in [5, 5.41) is 9.25. The van der Waals surface area contributed by atoms with E-state index < -0.39 is 0 Å². The highest BCUT2D eigenvalue weighted by Gasteiger charge is 2.25. The van der Waals surface area contributed by atoms with Crippen molar-refractivity contribution >= 4 is 17.7 Å². The first-order valence-electron chi connectivity index (χ1n) is 9.89. The number of hydrogen-bond donors (Lipinski definition) is 3. The number of amides is 1. The second kappa shape index (κ2) is 10.5. The first-order chi connectivity index (χ1) is 14.5. The summed E-state index contributed by atoms with van der Waals surface area (Å²) in [7, 11) is 1.67. The molecule has 7 nitrogen and oxygen atoms in total. The predicted octanol–water partition coefficient (Wildman–Crippen LogP) is 1.46. The number of halogens is 2. The maximum absolute atomic E-state index is 13.9. The fourth-order valence-electron chi connectivity index (χ4n) is 3.35. The molecule has 160 valence electrons. The Hall–Kier alpha value is -3.23. The number of carbonyl (C=O) groups is 1. The fourth-order valence-corrected chi connectivity index (χ4v) is 3.35. The van der Waals surface area contributed by atoms with E-state index in [0.717, 1.165) is 6.42 Å². The topological polar surface area (TPSA) is 81.6 Å². The third-order valence-electron chi connectivity index (χ3n) is 4.78. The van der Waals surface area contributed by atoms with Gasteiger partial charge >= 0.3 is 0 Å². The van der Waals surface area contributed by atoms with E-state index in [2.05, 4.69) is 25.9 Å². The minimum absolute atomic E-state index is 0.111. The summed E-state index contributed by atoms with van der Waals surface area (Å²) < 4.78 is 27.1. The number of nitrogens with zero attached hydrogens (tertiary/aromatic N) is 3. The summed E-state index contributed by atoms with van der Waals surface area (Å²) in [6.45, 7) is 2.22.